The lowest BCUT2D eigenvalue weighted by atomic mass is 10.1. The van der Waals surface area contributed by atoms with Gasteiger partial charge in [0, 0.05) is 22.7 Å². The predicted molar refractivity (Wildman–Crippen MR) is 95.8 cm³/mol. The number of aromatic nitrogens is 3. The van der Waals surface area contributed by atoms with E-state index in [1.165, 1.54) is 6.20 Å². The smallest absolute Gasteiger partial charge is 0.267 e. The molecule has 0 atom stereocenters. The Hall–Kier alpha value is -2.25. The van der Waals surface area contributed by atoms with Crippen LogP contribution in [0.4, 0.5) is 4.39 Å². The molecule has 2 heterocycles. The summed E-state index contributed by atoms with van der Waals surface area (Å²) in [6, 6.07) is 6.39. The number of H-pyrrole nitrogens is 1. The molecule has 0 aliphatic heterocycles. The Kier molecular flexibility index (Phi) is 5.15. The number of benzene rings is 1. The third-order valence-corrected chi connectivity index (χ3v) is 4.17. The molecule has 0 aliphatic rings. The largest absolute Gasteiger partial charge is 0.451 e. The predicted octanol–water partition coefficient (Wildman–Crippen LogP) is 4.41. The van der Waals surface area contributed by atoms with Crippen LogP contribution in [-0.4, -0.2) is 15.2 Å². The van der Waals surface area contributed by atoms with Gasteiger partial charge in [-0.25, -0.2) is 9.49 Å². The molecule has 0 spiro atoms. The number of hydrogen-bond donors (Lipinski definition) is 1. The number of nitrogens with one attached hydrogen (secondary N) is 1. The first-order chi connectivity index (χ1) is 11.9. The van der Waals surface area contributed by atoms with Crippen molar-refractivity contribution in [3.63, 3.8) is 0 Å². The van der Waals surface area contributed by atoms with E-state index in [1.807, 2.05) is 0 Å². The van der Waals surface area contributed by atoms with Crippen molar-refractivity contribution in [1.82, 2.24) is 15.2 Å². The van der Waals surface area contributed by atoms with Crippen molar-refractivity contribution < 1.29 is 9.13 Å². The second-order valence-corrected chi connectivity index (χ2v) is 6.66. The van der Waals surface area contributed by atoms with Gasteiger partial charge in [0.15, 0.2) is 11.6 Å². The van der Waals surface area contributed by atoms with Crippen LogP contribution in [0, 0.1) is 12.7 Å². The molecule has 0 saturated carbocycles. The zero-order valence-corrected chi connectivity index (χ0v) is 15.4. The summed E-state index contributed by atoms with van der Waals surface area (Å²) in [5, 5.41) is 6.46. The van der Waals surface area contributed by atoms with Gasteiger partial charge in [-0.2, -0.15) is 5.10 Å². The Morgan fingerprint density at radius 2 is 2.12 bits per heavy atom. The van der Waals surface area contributed by atoms with Crippen LogP contribution in [-0.2, 0) is 6.42 Å². The Morgan fingerprint density at radius 3 is 2.84 bits per heavy atom. The van der Waals surface area contributed by atoms with E-state index in [0.717, 1.165) is 0 Å². The van der Waals surface area contributed by atoms with E-state index in [4.69, 9.17) is 16.3 Å². The van der Waals surface area contributed by atoms with E-state index in [-0.39, 0.29) is 22.8 Å². The first kappa shape index (κ1) is 17.6. The summed E-state index contributed by atoms with van der Waals surface area (Å²) in [6.45, 7) is 1.66. The molecule has 0 aliphatic carbocycles. The highest BCUT2D eigenvalue weighted by molar-refractivity contribution is 9.10. The van der Waals surface area contributed by atoms with Crippen molar-refractivity contribution in [2.75, 3.05) is 0 Å². The summed E-state index contributed by atoms with van der Waals surface area (Å²) in [5.74, 6) is -0.316. The van der Waals surface area contributed by atoms with E-state index in [9.17, 15) is 9.18 Å². The molecule has 8 heteroatoms. The molecule has 128 valence electrons. The molecule has 1 aromatic carbocycles. The molecule has 25 heavy (non-hydrogen) atoms. The summed E-state index contributed by atoms with van der Waals surface area (Å²) in [7, 11) is 0. The van der Waals surface area contributed by atoms with Gasteiger partial charge in [0.05, 0.1) is 16.9 Å². The fourth-order valence-corrected chi connectivity index (χ4v) is 2.74. The molecule has 3 aromatic rings. The second-order valence-electron chi connectivity index (χ2n) is 5.34. The first-order valence-electron chi connectivity index (χ1n) is 7.24. The van der Waals surface area contributed by atoms with E-state index >= 15 is 0 Å². The molecule has 0 unspecified atom stereocenters. The Morgan fingerprint density at radius 1 is 1.32 bits per heavy atom. The van der Waals surface area contributed by atoms with E-state index in [1.54, 1.807) is 37.4 Å². The number of halogens is 3. The van der Waals surface area contributed by atoms with E-state index < -0.39 is 5.82 Å². The minimum Gasteiger partial charge on any atom is -0.451 e. The van der Waals surface area contributed by atoms with Crippen molar-refractivity contribution >= 4 is 27.5 Å². The zero-order valence-electron chi connectivity index (χ0n) is 13.0. The number of aryl methyl sites for hydroxylation is 1. The quantitative estimate of drug-likeness (QED) is 0.673. The van der Waals surface area contributed by atoms with Crippen LogP contribution in [0.15, 0.2) is 45.9 Å². The molecule has 0 bridgehead atoms. The number of ether oxygens (including phenoxy) is 1. The van der Waals surface area contributed by atoms with Crippen LogP contribution in [0.3, 0.4) is 0 Å². The monoisotopic (exact) mass is 423 g/mol. The van der Waals surface area contributed by atoms with Gasteiger partial charge < -0.3 is 4.74 Å². The van der Waals surface area contributed by atoms with Crippen LogP contribution in [0.2, 0.25) is 5.02 Å². The van der Waals surface area contributed by atoms with E-state index in [0.29, 0.717) is 27.0 Å². The molecular formula is C17H12BrClFN3O2. The average molecular weight is 425 g/mol. The first-order valence-corrected chi connectivity index (χ1v) is 8.41. The highest BCUT2D eigenvalue weighted by Gasteiger charge is 2.16. The number of aromatic amines is 1. The number of rotatable bonds is 4. The van der Waals surface area contributed by atoms with Crippen LogP contribution >= 0.6 is 27.5 Å². The summed E-state index contributed by atoms with van der Waals surface area (Å²) < 4.78 is 21.1. The van der Waals surface area contributed by atoms with Gasteiger partial charge in [0.2, 0.25) is 0 Å². The van der Waals surface area contributed by atoms with Crippen molar-refractivity contribution in [3.05, 3.63) is 79.1 Å². The third-order valence-electron chi connectivity index (χ3n) is 3.44. The van der Waals surface area contributed by atoms with Gasteiger partial charge in [-0.15, -0.1) is 0 Å². The van der Waals surface area contributed by atoms with Crippen LogP contribution in [0.25, 0.3) is 0 Å². The fourth-order valence-electron chi connectivity index (χ4n) is 2.21. The van der Waals surface area contributed by atoms with Crippen molar-refractivity contribution in [2.24, 2.45) is 0 Å². The van der Waals surface area contributed by atoms with E-state index in [2.05, 4.69) is 31.1 Å². The molecule has 1 N–H and O–H groups in total. The van der Waals surface area contributed by atoms with Gasteiger partial charge in [0.25, 0.3) is 5.56 Å². The van der Waals surface area contributed by atoms with Gasteiger partial charge in [0.1, 0.15) is 5.75 Å². The summed E-state index contributed by atoms with van der Waals surface area (Å²) in [4.78, 5) is 15.3. The molecule has 2 aromatic heterocycles. The van der Waals surface area contributed by atoms with Crippen molar-refractivity contribution in [1.29, 1.82) is 0 Å². The molecule has 3 rings (SSSR count). The van der Waals surface area contributed by atoms with Gasteiger partial charge >= 0.3 is 0 Å². The summed E-state index contributed by atoms with van der Waals surface area (Å²) in [6.07, 6.45) is 3.24. The minimum absolute atomic E-state index is 0.0831. The van der Waals surface area contributed by atoms with Gasteiger partial charge in [-0.1, -0.05) is 17.7 Å². The maximum absolute atomic E-state index is 14.8. The number of hydrogen-bond acceptors (Lipinski definition) is 4. The average Bonchev–Trinajstić information content (AvgIpc) is 2.57. The van der Waals surface area contributed by atoms with Crippen LogP contribution in [0.5, 0.6) is 11.5 Å². The summed E-state index contributed by atoms with van der Waals surface area (Å²) in [5.41, 5.74) is 1.12. The topological polar surface area (TPSA) is 67.9 Å². The molecule has 0 fully saturated rings. The Bertz CT molecular complexity index is 994. The van der Waals surface area contributed by atoms with Crippen molar-refractivity contribution in [3.8, 4) is 11.5 Å². The normalized spacial score (nSPS) is 10.7. The van der Waals surface area contributed by atoms with Crippen molar-refractivity contribution in [2.45, 2.75) is 13.3 Å². The van der Waals surface area contributed by atoms with Gasteiger partial charge in [-0.05, 0) is 46.6 Å². The minimum atomic E-state index is -0.585. The fraction of sp³-hybridized carbons (Fsp3) is 0.118. The lowest BCUT2D eigenvalue weighted by Gasteiger charge is -2.12. The molecule has 0 saturated heterocycles. The number of nitrogens with zero attached hydrogens (tertiary/aromatic N) is 2. The molecular weight excluding hydrogens is 413 g/mol. The number of pyridine rings is 1. The SMILES string of the molecule is Cc1cc(Cc2ccc(Cl)c(Oc3cncc(Br)c3)c2F)n[nH]c1=O. The Labute approximate surface area is 156 Å². The van der Waals surface area contributed by atoms with Crippen LogP contribution in [0.1, 0.15) is 16.8 Å². The summed E-state index contributed by atoms with van der Waals surface area (Å²) >= 11 is 9.36. The molecule has 0 amide bonds. The lowest BCUT2D eigenvalue weighted by Crippen LogP contribution is -2.13. The van der Waals surface area contributed by atoms with Crippen LogP contribution < -0.4 is 10.3 Å². The molecule has 5 nitrogen and oxygen atoms in total. The lowest BCUT2D eigenvalue weighted by molar-refractivity contribution is 0.437. The maximum Gasteiger partial charge on any atom is 0.267 e. The highest BCUT2D eigenvalue weighted by atomic mass is 79.9. The van der Waals surface area contributed by atoms with Gasteiger partial charge in [-0.3, -0.25) is 9.78 Å². The highest BCUT2D eigenvalue weighted by Crippen LogP contribution is 2.34. The molecule has 0 radical (unpaired) electrons. The standard InChI is InChI=1S/C17H12BrClFN3O2/c1-9-4-12(22-23-17(9)24)5-10-2-3-14(19)16(15(10)20)25-13-6-11(18)7-21-8-13/h2-4,6-8H,5H2,1H3,(H,23,24). The third kappa shape index (κ3) is 4.05. The second kappa shape index (κ2) is 7.33. The zero-order chi connectivity index (χ0) is 18.0. The maximum atomic E-state index is 14.8. The Balaban J connectivity index is 1.94.